The molecule has 0 spiro atoms. The van der Waals surface area contributed by atoms with Gasteiger partial charge in [-0.3, -0.25) is 14.8 Å². The number of primary amides is 1. The molecule has 28 heavy (non-hydrogen) atoms. The number of pyridine rings is 2. The number of hydrogen-bond donors (Lipinski definition) is 2. The Kier molecular flexibility index (Phi) is 5.01. The summed E-state index contributed by atoms with van der Waals surface area (Å²) in [5.74, 6) is 0.00951. The third-order valence-corrected chi connectivity index (χ3v) is 5.70. The highest BCUT2D eigenvalue weighted by molar-refractivity contribution is 7.27. The van der Waals surface area contributed by atoms with E-state index in [0.717, 1.165) is 41.5 Å². The van der Waals surface area contributed by atoms with E-state index >= 15 is 0 Å². The zero-order valence-corrected chi connectivity index (χ0v) is 16.5. The smallest absolute Gasteiger partial charge is 0.267 e. The van der Waals surface area contributed by atoms with Crippen molar-refractivity contribution in [3.63, 3.8) is 0 Å². The van der Waals surface area contributed by atoms with Crippen LogP contribution in [0.5, 0.6) is 0 Å². The van der Waals surface area contributed by atoms with Crippen LogP contribution in [0.4, 0.5) is 5.95 Å². The van der Waals surface area contributed by atoms with Crippen molar-refractivity contribution in [3.8, 4) is 11.1 Å². The van der Waals surface area contributed by atoms with Crippen molar-refractivity contribution in [2.24, 2.45) is 5.73 Å². The van der Waals surface area contributed by atoms with E-state index in [2.05, 4.69) is 40.6 Å². The standard InChI is InChI=1S/C20H21N6OP/c21-18(27)15-9-13(4-8-22-15)14-10-24-19(25-11-14)26-12-20(5-2-6-20)17-16(28)3-1-7-23-17/h1,3-4,7-11H,2,5-6,12,28H2,(H2,21,27)(H,24,25,26). The summed E-state index contributed by atoms with van der Waals surface area (Å²) in [4.78, 5) is 28.7. The molecule has 1 saturated carbocycles. The highest BCUT2D eigenvalue weighted by Crippen LogP contribution is 2.42. The number of carbonyl (C=O) groups is 1. The zero-order chi connectivity index (χ0) is 19.6. The van der Waals surface area contributed by atoms with Crippen LogP contribution in [0.15, 0.2) is 49.1 Å². The maximum absolute atomic E-state index is 11.3. The van der Waals surface area contributed by atoms with Gasteiger partial charge in [0.05, 0.1) is 5.69 Å². The summed E-state index contributed by atoms with van der Waals surface area (Å²) in [5, 5.41) is 4.51. The minimum Gasteiger partial charge on any atom is -0.364 e. The first-order chi connectivity index (χ1) is 13.6. The summed E-state index contributed by atoms with van der Waals surface area (Å²) in [7, 11) is 2.79. The van der Waals surface area contributed by atoms with Crippen LogP contribution in [0.1, 0.15) is 35.4 Å². The van der Waals surface area contributed by atoms with Gasteiger partial charge in [-0.05, 0) is 41.9 Å². The molecule has 4 rings (SSSR count). The lowest BCUT2D eigenvalue weighted by molar-refractivity contribution is 0.0995. The first-order valence-corrected chi connectivity index (χ1v) is 9.68. The van der Waals surface area contributed by atoms with E-state index < -0.39 is 5.91 Å². The van der Waals surface area contributed by atoms with Crippen LogP contribution in [-0.4, -0.2) is 32.4 Å². The van der Waals surface area contributed by atoms with Crippen LogP contribution in [0.2, 0.25) is 0 Å². The Morgan fingerprint density at radius 3 is 2.54 bits per heavy atom. The van der Waals surface area contributed by atoms with E-state index in [1.807, 2.05) is 12.3 Å². The Bertz CT molecular complexity index is 1000. The van der Waals surface area contributed by atoms with Gasteiger partial charge in [-0.1, -0.05) is 12.5 Å². The van der Waals surface area contributed by atoms with Gasteiger partial charge in [0, 0.05) is 42.3 Å². The Labute approximate surface area is 165 Å². The molecule has 0 aromatic carbocycles. The molecule has 142 valence electrons. The van der Waals surface area contributed by atoms with Gasteiger partial charge >= 0.3 is 0 Å². The molecule has 3 aromatic heterocycles. The molecule has 3 N–H and O–H groups in total. The third-order valence-electron chi connectivity index (χ3n) is 5.23. The van der Waals surface area contributed by atoms with E-state index in [0.29, 0.717) is 5.95 Å². The van der Waals surface area contributed by atoms with Gasteiger partial charge in [-0.15, -0.1) is 9.24 Å². The molecule has 0 saturated heterocycles. The fourth-order valence-corrected chi connectivity index (χ4v) is 4.02. The molecular formula is C20H21N6OP. The Balaban J connectivity index is 1.49. The lowest BCUT2D eigenvalue weighted by Gasteiger charge is -2.42. The fourth-order valence-electron chi connectivity index (χ4n) is 3.52. The lowest BCUT2D eigenvalue weighted by Crippen LogP contribution is -2.44. The second-order valence-electron chi connectivity index (χ2n) is 7.02. The largest absolute Gasteiger partial charge is 0.364 e. The number of nitrogens with zero attached hydrogens (tertiary/aromatic N) is 4. The van der Waals surface area contributed by atoms with Crippen LogP contribution < -0.4 is 16.4 Å². The molecule has 1 fully saturated rings. The number of amides is 1. The van der Waals surface area contributed by atoms with Gasteiger partial charge in [0.25, 0.3) is 5.91 Å². The van der Waals surface area contributed by atoms with Crippen LogP contribution in [0, 0.1) is 0 Å². The van der Waals surface area contributed by atoms with Crippen LogP contribution in [0.3, 0.4) is 0 Å². The zero-order valence-electron chi connectivity index (χ0n) is 15.3. The molecule has 1 atom stereocenters. The molecule has 7 nitrogen and oxygen atoms in total. The molecule has 1 aliphatic rings. The van der Waals surface area contributed by atoms with Gasteiger partial charge in [-0.2, -0.15) is 0 Å². The number of rotatable bonds is 6. The van der Waals surface area contributed by atoms with E-state index in [-0.39, 0.29) is 11.1 Å². The number of nitrogens with one attached hydrogen (secondary N) is 1. The van der Waals surface area contributed by atoms with Gasteiger partial charge in [-0.25, -0.2) is 9.97 Å². The van der Waals surface area contributed by atoms with E-state index in [1.165, 1.54) is 6.42 Å². The van der Waals surface area contributed by atoms with E-state index in [1.54, 1.807) is 30.7 Å². The van der Waals surface area contributed by atoms with Gasteiger partial charge in [0.15, 0.2) is 0 Å². The summed E-state index contributed by atoms with van der Waals surface area (Å²) in [6, 6.07) is 7.46. The second kappa shape index (κ2) is 7.60. The molecule has 0 radical (unpaired) electrons. The van der Waals surface area contributed by atoms with Crippen molar-refractivity contribution >= 4 is 26.4 Å². The first-order valence-electron chi connectivity index (χ1n) is 9.10. The van der Waals surface area contributed by atoms with E-state index in [9.17, 15) is 4.79 Å². The average Bonchev–Trinajstić information content (AvgIpc) is 2.69. The van der Waals surface area contributed by atoms with Gasteiger partial charge < -0.3 is 11.1 Å². The van der Waals surface area contributed by atoms with Crippen molar-refractivity contribution in [1.29, 1.82) is 0 Å². The topological polar surface area (TPSA) is 107 Å². The number of aromatic nitrogens is 4. The summed E-state index contributed by atoms with van der Waals surface area (Å²) in [6.07, 6.45) is 10.3. The van der Waals surface area contributed by atoms with Crippen molar-refractivity contribution in [1.82, 2.24) is 19.9 Å². The summed E-state index contributed by atoms with van der Waals surface area (Å²) >= 11 is 0. The maximum atomic E-state index is 11.3. The van der Waals surface area contributed by atoms with Crippen molar-refractivity contribution in [3.05, 3.63) is 60.4 Å². The van der Waals surface area contributed by atoms with Gasteiger partial charge in [0.1, 0.15) is 5.69 Å². The Morgan fingerprint density at radius 2 is 1.89 bits per heavy atom. The van der Waals surface area contributed by atoms with Crippen LogP contribution in [0.25, 0.3) is 11.1 Å². The lowest BCUT2D eigenvalue weighted by atomic mass is 9.66. The molecule has 3 heterocycles. The molecule has 8 heteroatoms. The molecular weight excluding hydrogens is 371 g/mol. The molecule has 1 amide bonds. The number of anilines is 1. The van der Waals surface area contributed by atoms with Crippen molar-refractivity contribution in [2.45, 2.75) is 24.7 Å². The van der Waals surface area contributed by atoms with Crippen LogP contribution >= 0.6 is 9.24 Å². The predicted octanol–water partition coefficient (Wildman–Crippen LogP) is 2.07. The molecule has 1 aliphatic carbocycles. The average molecular weight is 392 g/mol. The number of nitrogens with two attached hydrogens (primary N) is 1. The number of hydrogen-bond acceptors (Lipinski definition) is 6. The normalized spacial score (nSPS) is 14.9. The van der Waals surface area contributed by atoms with E-state index in [4.69, 9.17) is 5.73 Å². The highest BCUT2D eigenvalue weighted by atomic mass is 31.0. The molecule has 0 aliphatic heterocycles. The third kappa shape index (κ3) is 3.58. The molecule has 1 unspecified atom stereocenters. The first kappa shape index (κ1) is 18.4. The number of carbonyl (C=O) groups excluding carboxylic acids is 1. The predicted molar refractivity (Wildman–Crippen MR) is 111 cm³/mol. The Morgan fingerprint density at radius 1 is 1.11 bits per heavy atom. The monoisotopic (exact) mass is 392 g/mol. The van der Waals surface area contributed by atoms with Crippen LogP contribution in [-0.2, 0) is 5.41 Å². The Hall–Kier alpha value is -2.92. The van der Waals surface area contributed by atoms with Crippen molar-refractivity contribution in [2.75, 3.05) is 11.9 Å². The quantitative estimate of drug-likeness (QED) is 0.622. The highest BCUT2D eigenvalue weighted by Gasteiger charge is 2.40. The SMILES string of the molecule is NC(=O)c1cc(-c2cnc(NCC3(c4ncccc4P)CCC3)nc2)ccn1. The summed E-state index contributed by atoms with van der Waals surface area (Å²) < 4.78 is 0. The second-order valence-corrected chi connectivity index (χ2v) is 7.64. The molecule has 3 aromatic rings. The fraction of sp³-hybridized carbons (Fsp3) is 0.250. The minimum atomic E-state index is -0.560. The van der Waals surface area contributed by atoms with Gasteiger partial charge in [0.2, 0.25) is 5.95 Å². The summed E-state index contributed by atoms with van der Waals surface area (Å²) in [5.41, 5.74) is 8.27. The summed E-state index contributed by atoms with van der Waals surface area (Å²) in [6.45, 7) is 0.742. The minimum absolute atomic E-state index is 0.0296. The van der Waals surface area contributed by atoms with Crippen molar-refractivity contribution < 1.29 is 4.79 Å². The maximum Gasteiger partial charge on any atom is 0.267 e. The molecule has 0 bridgehead atoms.